The zero-order valence-corrected chi connectivity index (χ0v) is 17.4. The van der Waals surface area contributed by atoms with E-state index in [2.05, 4.69) is 5.32 Å². The van der Waals surface area contributed by atoms with Gasteiger partial charge in [0, 0.05) is 28.7 Å². The number of carbonyl (C=O) groups excluding carboxylic acids is 2. The molecular weight excluding hydrogens is 458 g/mol. The fraction of sp³-hybridized carbons (Fsp3) is 0.0833. The van der Waals surface area contributed by atoms with Crippen LogP contribution >= 0.6 is 0 Å². The summed E-state index contributed by atoms with van der Waals surface area (Å²) in [4.78, 5) is 25.0. The van der Waals surface area contributed by atoms with E-state index in [1.165, 1.54) is 19.1 Å². The number of carbonyl (C=O) groups is 2. The van der Waals surface area contributed by atoms with Crippen LogP contribution in [0.1, 0.15) is 17.3 Å². The van der Waals surface area contributed by atoms with E-state index in [0.717, 1.165) is 6.20 Å². The molecule has 0 atom stereocenters. The summed E-state index contributed by atoms with van der Waals surface area (Å²) in [5, 5.41) is 14.0. The molecule has 0 bridgehead atoms. The number of ketones is 1. The van der Waals surface area contributed by atoms with E-state index in [9.17, 15) is 32.3 Å². The molecule has 0 saturated heterocycles. The standard InChI is InChI=1S/C24H15F4NO5/c1-2-33-24(32)15(22(31)14-9-16(25)20(27)21(28)19(14)26)10-29-11-6-7-12-13-4-3-5-17(30)23(13)34-18(12)8-11/h3-10,29-30H,2H2,1H3. The van der Waals surface area contributed by atoms with Gasteiger partial charge in [-0.2, -0.15) is 0 Å². The van der Waals surface area contributed by atoms with Crippen LogP contribution in [-0.4, -0.2) is 23.5 Å². The third kappa shape index (κ3) is 3.94. The number of nitrogens with one attached hydrogen (secondary N) is 1. The Morgan fingerprint density at radius 1 is 1.03 bits per heavy atom. The van der Waals surface area contributed by atoms with Crippen molar-refractivity contribution in [3.05, 3.63) is 83.1 Å². The van der Waals surface area contributed by atoms with Gasteiger partial charge in [0.05, 0.1) is 12.2 Å². The Hall–Kier alpha value is -4.34. The predicted molar refractivity (Wildman–Crippen MR) is 114 cm³/mol. The first kappa shape index (κ1) is 22.8. The van der Waals surface area contributed by atoms with Gasteiger partial charge in [-0.25, -0.2) is 22.4 Å². The zero-order valence-electron chi connectivity index (χ0n) is 17.4. The Balaban J connectivity index is 1.73. The van der Waals surface area contributed by atoms with Gasteiger partial charge in [0.25, 0.3) is 0 Å². The lowest BCUT2D eigenvalue weighted by Gasteiger charge is -2.09. The fourth-order valence-electron chi connectivity index (χ4n) is 3.34. The van der Waals surface area contributed by atoms with Crippen molar-refractivity contribution in [3.8, 4) is 5.75 Å². The number of halogens is 4. The molecule has 0 aliphatic rings. The number of esters is 1. The molecule has 0 spiro atoms. The fourth-order valence-corrected chi connectivity index (χ4v) is 3.34. The Morgan fingerprint density at radius 2 is 1.79 bits per heavy atom. The molecule has 0 radical (unpaired) electrons. The van der Waals surface area contributed by atoms with Crippen LogP contribution < -0.4 is 5.32 Å². The molecule has 10 heteroatoms. The Kier molecular flexibility index (Phi) is 5.97. The van der Waals surface area contributed by atoms with E-state index in [1.807, 2.05) is 0 Å². The van der Waals surface area contributed by atoms with Gasteiger partial charge in [-0.15, -0.1) is 0 Å². The van der Waals surface area contributed by atoms with Crippen molar-refractivity contribution < 1.29 is 41.4 Å². The van der Waals surface area contributed by atoms with Crippen LogP contribution in [0, 0.1) is 23.3 Å². The SMILES string of the molecule is CCOC(=O)C(=CNc1ccc2c(c1)oc1c(O)cccc12)C(=O)c1cc(F)c(F)c(F)c1F. The number of fused-ring (bicyclic) bond motifs is 3. The van der Waals surface area contributed by atoms with Crippen LogP contribution in [0.5, 0.6) is 5.75 Å². The number of aromatic hydroxyl groups is 1. The molecule has 6 nitrogen and oxygen atoms in total. The summed E-state index contributed by atoms with van der Waals surface area (Å²) in [6, 6.07) is 9.77. The Morgan fingerprint density at radius 3 is 2.53 bits per heavy atom. The summed E-state index contributed by atoms with van der Waals surface area (Å²) < 4.78 is 65.1. The molecule has 0 aliphatic heterocycles. The average Bonchev–Trinajstić information content (AvgIpc) is 3.19. The number of furan rings is 1. The van der Waals surface area contributed by atoms with Crippen LogP contribution in [0.15, 0.2) is 58.7 Å². The highest BCUT2D eigenvalue weighted by Gasteiger charge is 2.28. The van der Waals surface area contributed by atoms with Crippen LogP contribution in [0.25, 0.3) is 21.9 Å². The molecule has 0 aliphatic carbocycles. The molecule has 0 amide bonds. The highest BCUT2D eigenvalue weighted by Crippen LogP contribution is 2.35. The van der Waals surface area contributed by atoms with Crippen molar-refractivity contribution in [3.63, 3.8) is 0 Å². The van der Waals surface area contributed by atoms with Crippen LogP contribution in [0.2, 0.25) is 0 Å². The number of hydrogen-bond donors (Lipinski definition) is 2. The molecule has 1 heterocycles. The van der Waals surface area contributed by atoms with E-state index in [-0.39, 0.29) is 24.0 Å². The maximum atomic E-state index is 14.1. The molecule has 0 fully saturated rings. The van der Waals surface area contributed by atoms with Crippen LogP contribution in [0.4, 0.5) is 23.2 Å². The summed E-state index contributed by atoms with van der Waals surface area (Å²) in [5.74, 6) is -10.7. The smallest absolute Gasteiger partial charge is 0.343 e. The first-order valence-electron chi connectivity index (χ1n) is 9.88. The van der Waals surface area contributed by atoms with Crippen molar-refractivity contribution in [2.75, 3.05) is 11.9 Å². The number of anilines is 1. The van der Waals surface area contributed by atoms with Gasteiger partial charge in [-0.05, 0) is 31.2 Å². The molecule has 1 aromatic heterocycles. The highest BCUT2D eigenvalue weighted by molar-refractivity contribution is 6.24. The van der Waals surface area contributed by atoms with E-state index in [1.54, 1.807) is 24.3 Å². The minimum atomic E-state index is -2.18. The first-order valence-corrected chi connectivity index (χ1v) is 9.88. The van der Waals surface area contributed by atoms with E-state index in [0.29, 0.717) is 22.0 Å². The molecule has 34 heavy (non-hydrogen) atoms. The summed E-state index contributed by atoms with van der Waals surface area (Å²) in [5.41, 5.74) is -1.01. The van der Waals surface area contributed by atoms with Crippen molar-refractivity contribution in [1.29, 1.82) is 0 Å². The van der Waals surface area contributed by atoms with Crippen molar-refractivity contribution in [2.45, 2.75) is 6.92 Å². The van der Waals surface area contributed by atoms with Crippen LogP contribution in [-0.2, 0) is 9.53 Å². The average molecular weight is 473 g/mol. The van der Waals surface area contributed by atoms with Gasteiger partial charge in [-0.3, -0.25) is 4.79 Å². The van der Waals surface area contributed by atoms with Gasteiger partial charge in [0.15, 0.2) is 34.6 Å². The van der Waals surface area contributed by atoms with E-state index >= 15 is 0 Å². The minimum absolute atomic E-state index is 0.0564. The normalized spacial score (nSPS) is 11.7. The molecule has 2 N–H and O–H groups in total. The molecule has 4 aromatic rings. The first-order chi connectivity index (χ1) is 16.2. The third-order valence-corrected chi connectivity index (χ3v) is 4.95. The molecular formula is C24H15F4NO5. The zero-order chi connectivity index (χ0) is 24.6. The van der Waals surface area contributed by atoms with E-state index in [4.69, 9.17) is 9.15 Å². The number of phenolic OH excluding ortho intramolecular Hbond substituents is 1. The lowest BCUT2D eigenvalue weighted by Crippen LogP contribution is -2.19. The van der Waals surface area contributed by atoms with Gasteiger partial charge in [0.2, 0.25) is 5.78 Å². The van der Waals surface area contributed by atoms with Crippen molar-refractivity contribution in [1.82, 2.24) is 0 Å². The molecule has 0 saturated carbocycles. The van der Waals surface area contributed by atoms with Gasteiger partial charge in [-0.1, -0.05) is 12.1 Å². The second kappa shape index (κ2) is 8.89. The number of ether oxygens (including phenoxy) is 1. The maximum absolute atomic E-state index is 14.1. The number of rotatable bonds is 6. The van der Waals surface area contributed by atoms with Crippen molar-refractivity contribution in [2.24, 2.45) is 0 Å². The second-order valence-electron chi connectivity index (χ2n) is 7.07. The largest absolute Gasteiger partial charge is 0.504 e. The number of para-hydroxylation sites is 1. The predicted octanol–water partition coefficient (Wildman–Crippen LogP) is 5.59. The number of Topliss-reactive ketones (excluding diaryl/α,β-unsaturated/α-hetero) is 1. The molecule has 4 rings (SSSR count). The minimum Gasteiger partial charge on any atom is -0.504 e. The second-order valence-corrected chi connectivity index (χ2v) is 7.07. The summed E-state index contributed by atoms with van der Waals surface area (Å²) in [7, 11) is 0. The quantitative estimate of drug-likeness (QED) is 0.0555. The summed E-state index contributed by atoms with van der Waals surface area (Å²) in [6.45, 7) is 1.31. The molecule has 174 valence electrons. The Bertz CT molecular complexity index is 1490. The van der Waals surface area contributed by atoms with Gasteiger partial charge < -0.3 is 19.6 Å². The van der Waals surface area contributed by atoms with Crippen molar-refractivity contribution >= 4 is 39.4 Å². The number of phenols is 1. The lowest BCUT2D eigenvalue weighted by molar-refractivity contribution is -0.138. The molecule has 0 unspecified atom stereocenters. The Labute approximate surface area is 189 Å². The molecule has 3 aromatic carbocycles. The number of benzene rings is 3. The number of hydrogen-bond acceptors (Lipinski definition) is 6. The topological polar surface area (TPSA) is 88.8 Å². The maximum Gasteiger partial charge on any atom is 0.343 e. The lowest BCUT2D eigenvalue weighted by atomic mass is 10.0. The van der Waals surface area contributed by atoms with Gasteiger partial charge in [0.1, 0.15) is 11.2 Å². The monoisotopic (exact) mass is 473 g/mol. The third-order valence-electron chi connectivity index (χ3n) is 4.95. The highest BCUT2D eigenvalue weighted by atomic mass is 19.2. The van der Waals surface area contributed by atoms with Gasteiger partial charge >= 0.3 is 5.97 Å². The van der Waals surface area contributed by atoms with Crippen LogP contribution in [0.3, 0.4) is 0 Å². The van der Waals surface area contributed by atoms with E-state index < -0.39 is 46.2 Å². The summed E-state index contributed by atoms with van der Waals surface area (Å²) >= 11 is 0. The summed E-state index contributed by atoms with van der Waals surface area (Å²) in [6.07, 6.45) is 0.875.